The molecule has 2 aromatic carbocycles. The van der Waals surface area contributed by atoms with Gasteiger partial charge in [-0.2, -0.15) is 0 Å². The summed E-state index contributed by atoms with van der Waals surface area (Å²) in [6.45, 7) is 3.73. The van der Waals surface area contributed by atoms with Gasteiger partial charge in [-0.15, -0.1) is 0 Å². The minimum atomic E-state index is -3.26. The maximum atomic E-state index is 12.6. The van der Waals surface area contributed by atoms with E-state index in [1.54, 1.807) is 0 Å². The van der Waals surface area contributed by atoms with E-state index in [-0.39, 0.29) is 5.92 Å². The van der Waals surface area contributed by atoms with Crippen molar-refractivity contribution in [1.29, 1.82) is 0 Å². The van der Waals surface area contributed by atoms with Gasteiger partial charge in [-0.05, 0) is 69.2 Å². The molecule has 0 spiro atoms. The standard InChI is InChI=1S/C27H37N4O3P/c1-20-29-26-11-7-8-12-27(26)31(20)25-17-23-13-14-24(18-25)30(23)16-15-22(21-9-5-4-6-10-21)19-28-35(32,33-2)34-3/h4-12,22-25H,13-19H2,1-3H3,(H,28,32)/t22?,23-,24+,25+. The van der Waals surface area contributed by atoms with Crippen LogP contribution in [0, 0.1) is 6.92 Å². The van der Waals surface area contributed by atoms with Gasteiger partial charge >= 0.3 is 7.75 Å². The van der Waals surface area contributed by atoms with Gasteiger partial charge in [0.2, 0.25) is 0 Å². The first kappa shape index (κ1) is 24.7. The molecule has 4 atom stereocenters. The number of aromatic nitrogens is 2. The predicted molar refractivity (Wildman–Crippen MR) is 140 cm³/mol. The quantitative estimate of drug-likeness (QED) is 0.365. The highest BCUT2D eigenvalue weighted by molar-refractivity contribution is 7.51. The summed E-state index contributed by atoms with van der Waals surface area (Å²) >= 11 is 0. The molecule has 2 aliphatic heterocycles. The molecule has 1 aromatic heterocycles. The van der Waals surface area contributed by atoms with Crippen LogP contribution in [0.5, 0.6) is 0 Å². The predicted octanol–water partition coefficient (Wildman–Crippen LogP) is 5.68. The average Bonchev–Trinajstić information content (AvgIpc) is 3.34. The number of para-hydroxylation sites is 2. The third-order valence-corrected chi connectivity index (χ3v) is 9.55. The van der Waals surface area contributed by atoms with Gasteiger partial charge < -0.3 is 13.6 Å². The molecule has 0 radical (unpaired) electrons. The minimum absolute atomic E-state index is 0.229. The summed E-state index contributed by atoms with van der Waals surface area (Å²) in [5.74, 6) is 1.35. The number of imidazole rings is 1. The summed E-state index contributed by atoms with van der Waals surface area (Å²) in [6, 6.07) is 20.7. The summed E-state index contributed by atoms with van der Waals surface area (Å²) in [6.07, 6.45) is 5.88. The monoisotopic (exact) mass is 496 g/mol. The Bertz CT molecular complexity index is 1160. The lowest BCUT2D eigenvalue weighted by molar-refractivity contribution is 0.104. The van der Waals surface area contributed by atoms with Crippen molar-refractivity contribution in [2.45, 2.75) is 63.1 Å². The fourth-order valence-electron chi connectivity index (χ4n) is 6.29. The molecule has 0 amide bonds. The van der Waals surface area contributed by atoms with E-state index in [1.165, 1.54) is 51.0 Å². The van der Waals surface area contributed by atoms with Crippen molar-refractivity contribution in [3.8, 4) is 0 Å². The Morgan fingerprint density at radius 3 is 2.34 bits per heavy atom. The smallest absolute Gasteiger partial charge is 0.325 e. The third kappa shape index (κ3) is 5.11. The Balaban J connectivity index is 1.28. The van der Waals surface area contributed by atoms with Crippen LogP contribution < -0.4 is 5.09 Å². The maximum Gasteiger partial charge on any atom is 0.404 e. The van der Waals surface area contributed by atoms with Crippen LogP contribution in [0.2, 0.25) is 0 Å². The molecule has 0 aliphatic carbocycles. The maximum absolute atomic E-state index is 12.6. The highest BCUT2D eigenvalue weighted by Gasteiger charge is 2.41. The number of nitrogens with zero attached hydrogens (tertiary/aromatic N) is 3. The van der Waals surface area contributed by atoms with E-state index in [1.807, 2.05) is 6.07 Å². The largest absolute Gasteiger partial charge is 0.404 e. The van der Waals surface area contributed by atoms with Crippen LogP contribution >= 0.6 is 7.75 Å². The number of rotatable bonds is 10. The van der Waals surface area contributed by atoms with Gasteiger partial charge in [0.25, 0.3) is 0 Å². The Labute approximate surface area is 208 Å². The van der Waals surface area contributed by atoms with E-state index in [4.69, 9.17) is 14.0 Å². The van der Waals surface area contributed by atoms with Gasteiger partial charge in [-0.25, -0.2) is 14.6 Å². The van der Waals surface area contributed by atoms with Crippen molar-refractivity contribution in [2.24, 2.45) is 0 Å². The zero-order valence-electron chi connectivity index (χ0n) is 21.0. The summed E-state index contributed by atoms with van der Waals surface area (Å²) in [5.41, 5.74) is 3.61. The summed E-state index contributed by atoms with van der Waals surface area (Å²) in [7, 11) is -0.420. The molecular formula is C27H37N4O3P. The number of nitrogens with one attached hydrogen (secondary N) is 1. The number of hydrogen-bond acceptors (Lipinski definition) is 5. The lowest BCUT2D eigenvalue weighted by Crippen LogP contribution is -2.44. The first-order chi connectivity index (χ1) is 17.0. The van der Waals surface area contributed by atoms with Gasteiger partial charge in [0.15, 0.2) is 0 Å². The number of hydrogen-bond donors (Lipinski definition) is 1. The van der Waals surface area contributed by atoms with E-state index < -0.39 is 7.75 Å². The lowest BCUT2D eigenvalue weighted by atomic mass is 9.93. The zero-order chi connectivity index (χ0) is 24.4. The van der Waals surface area contributed by atoms with Crippen molar-refractivity contribution >= 4 is 18.8 Å². The van der Waals surface area contributed by atoms with E-state index in [9.17, 15) is 4.57 Å². The van der Waals surface area contributed by atoms with Crippen LogP contribution in [0.4, 0.5) is 0 Å². The number of fused-ring (bicyclic) bond motifs is 3. The van der Waals surface area contributed by atoms with Crippen molar-refractivity contribution < 1.29 is 13.6 Å². The second-order valence-corrected chi connectivity index (χ2v) is 11.9. The topological polar surface area (TPSA) is 68.6 Å². The molecule has 188 valence electrons. The first-order valence-corrected chi connectivity index (χ1v) is 14.3. The highest BCUT2D eigenvalue weighted by Crippen LogP contribution is 2.44. The Morgan fingerprint density at radius 1 is 1.00 bits per heavy atom. The Hall–Kier alpha value is -2.02. The zero-order valence-corrected chi connectivity index (χ0v) is 21.9. The van der Waals surface area contributed by atoms with E-state index in [0.717, 1.165) is 24.3 Å². The second-order valence-electron chi connectivity index (χ2n) is 9.89. The minimum Gasteiger partial charge on any atom is -0.325 e. The van der Waals surface area contributed by atoms with E-state index in [2.05, 4.69) is 70.0 Å². The van der Waals surface area contributed by atoms with Gasteiger partial charge in [0.05, 0.1) is 11.0 Å². The van der Waals surface area contributed by atoms with Crippen LogP contribution in [-0.2, 0) is 13.6 Å². The first-order valence-electron chi connectivity index (χ1n) is 12.7. The summed E-state index contributed by atoms with van der Waals surface area (Å²) in [4.78, 5) is 7.57. The molecule has 0 saturated carbocycles. The van der Waals surface area contributed by atoms with Crippen LogP contribution in [-0.4, -0.2) is 53.8 Å². The summed E-state index contributed by atoms with van der Waals surface area (Å²) < 4.78 is 25.3. The van der Waals surface area contributed by atoms with E-state index in [0.29, 0.717) is 24.7 Å². The molecule has 5 rings (SSSR count). The van der Waals surface area contributed by atoms with Crippen molar-refractivity contribution in [1.82, 2.24) is 19.5 Å². The van der Waals surface area contributed by atoms with Crippen LogP contribution in [0.1, 0.15) is 55.5 Å². The molecule has 2 bridgehead atoms. The van der Waals surface area contributed by atoms with Gasteiger partial charge in [-0.3, -0.25) is 4.90 Å². The fraction of sp³-hybridized carbons (Fsp3) is 0.519. The molecule has 2 saturated heterocycles. The van der Waals surface area contributed by atoms with Gasteiger partial charge in [-0.1, -0.05) is 42.5 Å². The molecule has 2 aliphatic rings. The fourth-order valence-corrected chi connectivity index (χ4v) is 7.14. The molecule has 1 N–H and O–H groups in total. The van der Waals surface area contributed by atoms with Gasteiger partial charge in [0.1, 0.15) is 5.82 Å². The molecule has 8 heteroatoms. The molecule has 3 aromatic rings. The molecule has 2 fully saturated rings. The number of piperidine rings is 1. The van der Waals surface area contributed by atoms with Crippen molar-refractivity contribution in [3.05, 3.63) is 66.0 Å². The molecule has 3 heterocycles. The van der Waals surface area contributed by atoms with Crippen molar-refractivity contribution in [3.63, 3.8) is 0 Å². The molecular weight excluding hydrogens is 459 g/mol. The highest BCUT2D eigenvalue weighted by atomic mass is 31.2. The van der Waals surface area contributed by atoms with Crippen LogP contribution in [0.3, 0.4) is 0 Å². The van der Waals surface area contributed by atoms with Crippen LogP contribution in [0.15, 0.2) is 54.6 Å². The van der Waals surface area contributed by atoms with Gasteiger partial charge in [0, 0.05) is 38.9 Å². The lowest BCUT2D eigenvalue weighted by Gasteiger charge is -2.40. The summed E-state index contributed by atoms with van der Waals surface area (Å²) in [5, 5.41) is 3.05. The third-order valence-electron chi connectivity index (χ3n) is 8.02. The Kier molecular flexibility index (Phi) is 7.42. The Morgan fingerprint density at radius 2 is 1.66 bits per heavy atom. The molecule has 1 unspecified atom stereocenters. The molecule has 7 nitrogen and oxygen atoms in total. The SMILES string of the molecule is COP(=O)(NCC(CCN1[C@@H]2CC[C@H]1C[C@@H](n1c(C)nc3ccccc31)C2)c1ccccc1)OC. The number of aryl methyl sites for hydroxylation is 1. The second kappa shape index (κ2) is 10.5. The van der Waals surface area contributed by atoms with E-state index >= 15 is 0 Å². The average molecular weight is 497 g/mol. The number of benzene rings is 2. The normalized spacial score (nSPS) is 23.7. The van der Waals surface area contributed by atoms with Crippen molar-refractivity contribution in [2.75, 3.05) is 27.3 Å². The van der Waals surface area contributed by atoms with Crippen LogP contribution in [0.25, 0.3) is 11.0 Å². The molecule has 35 heavy (non-hydrogen) atoms.